The zero-order chi connectivity index (χ0) is 23.4. The summed E-state index contributed by atoms with van der Waals surface area (Å²) in [4.78, 5) is 43.0. The van der Waals surface area contributed by atoms with Crippen molar-refractivity contribution in [3.05, 3.63) is 65.7 Å². The maximum absolute atomic E-state index is 13.5. The van der Waals surface area contributed by atoms with Crippen LogP contribution < -0.4 is 5.32 Å². The summed E-state index contributed by atoms with van der Waals surface area (Å²) in [5.74, 6) is -0.132. The monoisotopic (exact) mass is 447 g/mol. The normalized spacial score (nSPS) is 21.9. The Bertz CT molecular complexity index is 1010. The van der Waals surface area contributed by atoms with Crippen molar-refractivity contribution in [2.75, 3.05) is 18.9 Å². The Labute approximate surface area is 196 Å². The summed E-state index contributed by atoms with van der Waals surface area (Å²) < 4.78 is 0. The van der Waals surface area contributed by atoms with Gasteiger partial charge in [-0.15, -0.1) is 0 Å². The summed E-state index contributed by atoms with van der Waals surface area (Å²) >= 11 is 0. The van der Waals surface area contributed by atoms with Gasteiger partial charge in [0.05, 0.1) is 6.54 Å². The van der Waals surface area contributed by atoms with Gasteiger partial charge >= 0.3 is 0 Å². The highest BCUT2D eigenvalue weighted by atomic mass is 16.2. The van der Waals surface area contributed by atoms with Gasteiger partial charge in [0, 0.05) is 24.3 Å². The van der Waals surface area contributed by atoms with Gasteiger partial charge in [-0.1, -0.05) is 56.2 Å². The Hall–Kier alpha value is -3.15. The van der Waals surface area contributed by atoms with Crippen LogP contribution in [0, 0.1) is 5.92 Å². The van der Waals surface area contributed by atoms with Crippen LogP contribution in [-0.4, -0.2) is 53.2 Å². The first-order valence-electron chi connectivity index (χ1n) is 12.0. The number of hydrogen-bond acceptors (Lipinski definition) is 3. The molecule has 3 amide bonds. The SMILES string of the molecule is CCc1ccccc1NC(=O)CN(C)C(=O)C1CC2CCCCC2N1C(=O)c1ccccc1. The predicted molar refractivity (Wildman–Crippen MR) is 129 cm³/mol. The van der Waals surface area contributed by atoms with Crippen molar-refractivity contribution in [1.29, 1.82) is 0 Å². The molecule has 1 heterocycles. The molecule has 174 valence electrons. The van der Waals surface area contributed by atoms with E-state index >= 15 is 0 Å². The van der Waals surface area contributed by atoms with Crippen molar-refractivity contribution in [3.63, 3.8) is 0 Å². The lowest BCUT2D eigenvalue weighted by molar-refractivity contribution is -0.137. The maximum Gasteiger partial charge on any atom is 0.254 e. The summed E-state index contributed by atoms with van der Waals surface area (Å²) in [7, 11) is 1.65. The van der Waals surface area contributed by atoms with E-state index in [1.54, 1.807) is 7.05 Å². The van der Waals surface area contributed by atoms with Crippen LogP contribution in [0.2, 0.25) is 0 Å². The number of anilines is 1. The van der Waals surface area contributed by atoms with Crippen LogP contribution in [-0.2, 0) is 16.0 Å². The van der Waals surface area contributed by atoms with Gasteiger partial charge in [-0.3, -0.25) is 14.4 Å². The number of benzene rings is 2. The molecule has 2 aliphatic rings. The third kappa shape index (κ3) is 4.95. The first kappa shape index (κ1) is 23.0. The van der Waals surface area contributed by atoms with Crippen molar-refractivity contribution in [1.82, 2.24) is 9.80 Å². The molecule has 1 aliphatic heterocycles. The van der Waals surface area contributed by atoms with Gasteiger partial charge in [0.25, 0.3) is 5.91 Å². The molecular formula is C27H33N3O3. The van der Waals surface area contributed by atoms with Crippen molar-refractivity contribution in [2.24, 2.45) is 5.92 Å². The van der Waals surface area contributed by atoms with Crippen LogP contribution in [0.25, 0.3) is 0 Å². The lowest BCUT2D eigenvalue weighted by Crippen LogP contribution is -2.51. The minimum Gasteiger partial charge on any atom is -0.335 e. The standard InChI is InChI=1S/C27H33N3O3/c1-3-19-11-7-9-15-22(19)28-25(31)18-29(2)27(33)24-17-21-14-8-10-16-23(21)30(24)26(32)20-12-5-4-6-13-20/h4-7,9,11-13,15,21,23-24H,3,8,10,14,16-18H2,1-2H3,(H,28,31). The van der Waals surface area contributed by atoms with E-state index in [0.29, 0.717) is 17.9 Å². The largest absolute Gasteiger partial charge is 0.335 e. The van der Waals surface area contributed by atoms with Crippen molar-refractivity contribution >= 4 is 23.4 Å². The second-order valence-corrected chi connectivity index (χ2v) is 9.20. The minimum atomic E-state index is -0.522. The molecule has 6 nitrogen and oxygen atoms in total. The van der Waals surface area contributed by atoms with E-state index < -0.39 is 6.04 Å². The second-order valence-electron chi connectivity index (χ2n) is 9.20. The number of para-hydroxylation sites is 1. The third-order valence-electron chi connectivity index (χ3n) is 7.06. The van der Waals surface area contributed by atoms with Crippen molar-refractivity contribution < 1.29 is 14.4 Å². The van der Waals surface area contributed by atoms with Gasteiger partial charge in [-0.2, -0.15) is 0 Å². The quantitative estimate of drug-likeness (QED) is 0.724. The molecule has 1 saturated heterocycles. The third-order valence-corrected chi connectivity index (χ3v) is 7.06. The van der Waals surface area contributed by atoms with E-state index in [1.165, 1.54) is 4.90 Å². The molecule has 4 rings (SSSR count). The van der Waals surface area contributed by atoms with E-state index in [4.69, 9.17) is 0 Å². The maximum atomic E-state index is 13.5. The van der Waals surface area contributed by atoms with Crippen LogP contribution in [0.1, 0.15) is 54.9 Å². The highest BCUT2D eigenvalue weighted by molar-refractivity contribution is 6.00. The Morgan fingerprint density at radius 3 is 2.45 bits per heavy atom. The average molecular weight is 448 g/mol. The molecule has 2 aromatic carbocycles. The Balaban J connectivity index is 1.48. The lowest BCUT2D eigenvalue weighted by Gasteiger charge is -2.34. The van der Waals surface area contributed by atoms with Gasteiger partial charge < -0.3 is 15.1 Å². The number of fused-ring (bicyclic) bond motifs is 1. The van der Waals surface area contributed by atoms with E-state index in [2.05, 4.69) is 5.32 Å². The summed E-state index contributed by atoms with van der Waals surface area (Å²) in [5, 5.41) is 2.93. The molecule has 6 heteroatoms. The van der Waals surface area contributed by atoms with Gasteiger partial charge in [-0.05, 0) is 55.4 Å². The molecule has 0 spiro atoms. The fourth-order valence-corrected chi connectivity index (χ4v) is 5.39. The highest BCUT2D eigenvalue weighted by Gasteiger charge is 2.48. The first-order chi connectivity index (χ1) is 16.0. The molecule has 0 radical (unpaired) electrons. The topological polar surface area (TPSA) is 69.7 Å². The molecule has 3 unspecified atom stereocenters. The molecule has 2 aromatic rings. The fraction of sp³-hybridized carbons (Fsp3) is 0.444. The highest BCUT2D eigenvalue weighted by Crippen LogP contribution is 2.41. The molecule has 1 saturated carbocycles. The number of nitrogens with one attached hydrogen (secondary N) is 1. The summed E-state index contributed by atoms with van der Waals surface area (Å²) in [6, 6.07) is 16.5. The summed E-state index contributed by atoms with van der Waals surface area (Å²) in [6.45, 7) is 1.99. The zero-order valence-electron chi connectivity index (χ0n) is 19.5. The van der Waals surface area contributed by atoms with Crippen molar-refractivity contribution in [2.45, 2.75) is 57.5 Å². The molecule has 2 fully saturated rings. The Morgan fingerprint density at radius 1 is 1.00 bits per heavy atom. The average Bonchev–Trinajstić information content (AvgIpc) is 3.23. The zero-order valence-corrected chi connectivity index (χ0v) is 19.5. The molecular weight excluding hydrogens is 414 g/mol. The number of carbonyl (C=O) groups is 3. The Kier molecular flexibility index (Phi) is 7.11. The summed E-state index contributed by atoms with van der Waals surface area (Å²) in [5.41, 5.74) is 2.44. The van der Waals surface area contributed by atoms with Gasteiger partial charge in [0.2, 0.25) is 11.8 Å². The van der Waals surface area contributed by atoms with E-state index in [-0.39, 0.29) is 30.3 Å². The molecule has 1 aliphatic carbocycles. The van der Waals surface area contributed by atoms with Crippen LogP contribution in [0.4, 0.5) is 5.69 Å². The first-order valence-corrected chi connectivity index (χ1v) is 12.0. The fourth-order valence-electron chi connectivity index (χ4n) is 5.39. The van der Waals surface area contributed by atoms with Crippen LogP contribution in [0.5, 0.6) is 0 Å². The number of aryl methyl sites for hydroxylation is 1. The lowest BCUT2D eigenvalue weighted by atomic mass is 9.84. The van der Waals surface area contributed by atoms with E-state index in [1.807, 2.05) is 66.4 Å². The number of nitrogens with zero attached hydrogens (tertiary/aromatic N) is 2. The number of likely N-dealkylation sites (N-methyl/N-ethyl adjacent to an activating group) is 1. The molecule has 1 N–H and O–H groups in total. The second kappa shape index (κ2) is 10.2. The van der Waals surface area contributed by atoms with Gasteiger partial charge in [0.1, 0.15) is 6.04 Å². The molecule has 0 aromatic heterocycles. The van der Waals surface area contributed by atoms with E-state index in [0.717, 1.165) is 43.4 Å². The van der Waals surface area contributed by atoms with Crippen LogP contribution >= 0.6 is 0 Å². The number of amides is 3. The number of carbonyl (C=O) groups excluding carboxylic acids is 3. The van der Waals surface area contributed by atoms with Gasteiger partial charge in [0.15, 0.2) is 0 Å². The minimum absolute atomic E-state index is 0.0456. The Morgan fingerprint density at radius 2 is 1.70 bits per heavy atom. The molecule has 33 heavy (non-hydrogen) atoms. The molecule has 0 bridgehead atoms. The number of hydrogen-bond donors (Lipinski definition) is 1. The predicted octanol–water partition coefficient (Wildman–Crippen LogP) is 4.12. The van der Waals surface area contributed by atoms with E-state index in [9.17, 15) is 14.4 Å². The number of likely N-dealkylation sites (tertiary alicyclic amines) is 1. The molecule has 3 atom stereocenters. The summed E-state index contributed by atoms with van der Waals surface area (Å²) in [6.07, 6.45) is 5.69. The van der Waals surface area contributed by atoms with Crippen molar-refractivity contribution in [3.8, 4) is 0 Å². The van der Waals surface area contributed by atoms with Crippen LogP contribution in [0.3, 0.4) is 0 Å². The number of rotatable bonds is 6. The smallest absolute Gasteiger partial charge is 0.254 e. The van der Waals surface area contributed by atoms with Crippen LogP contribution in [0.15, 0.2) is 54.6 Å². The van der Waals surface area contributed by atoms with Gasteiger partial charge in [-0.25, -0.2) is 0 Å².